The number of anilines is 1. The molecule has 23 heavy (non-hydrogen) atoms. The van der Waals surface area contributed by atoms with Gasteiger partial charge in [-0.15, -0.1) is 10.2 Å². The first-order valence-electron chi connectivity index (χ1n) is 7.76. The Labute approximate surface area is 133 Å². The minimum absolute atomic E-state index is 0.778. The number of aryl methyl sites for hydroxylation is 2. The van der Waals surface area contributed by atoms with E-state index >= 15 is 0 Å². The molecule has 3 aromatic rings. The van der Waals surface area contributed by atoms with Gasteiger partial charge in [-0.2, -0.15) is 5.10 Å². The van der Waals surface area contributed by atoms with E-state index in [1.807, 2.05) is 26.1 Å². The van der Waals surface area contributed by atoms with Crippen molar-refractivity contribution in [3.63, 3.8) is 0 Å². The molecule has 0 aromatic carbocycles. The van der Waals surface area contributed by atoms with E-state index in [1.54, 1.807) is 10.8 Å². The van der Waals surface area contributed by atoms with E-state index < -0.39 is 0 Å². The van der Waals surface area contributed by atoms with E-state index in [4.69, 9.17) is 4.52 Å². The molecule has 0 saturated carbocycles. The van der Waals surface area contributed by atoms with Crippen molar-refractivity contribution in [2.75, 3.05) is 31.1 Å². The first kappa shape index (κ1) is 14.1. The Bertz CT molecular complexity index is 797. The molecule has 8 heteroatoms. The molecule has 0 amide bonds. The topological polar surface area (TPSA) is 75.6 Å². The molecule has 0 bridgehead atoms. The van der Waals surface area contributed by atoms with E-state index in [0.717, 1.165) is 55.5 Å². The highest BCUT2D eigenvalue weighted by Crippen LogP contribution is 2.19. The van der Waals surface area contributed by atoms with Gasteiger partial charge in [0.1, 0.15) is 12.1 Å². The molecule has 0 spiro atoms. The highest BCUT2D eigenvalue weighted by atomic mass is 16.5. The minimum Gasteiger partial charge on any atom is -0.368 e. The molecule has 120 valence electrons. The highest BCUT2D eigenvalue weighted by molar-refractivity contribution is 5.53. The first-order valence-corrected chi connectivity index (χ1v) is 7.76. The molecule has 1 fully saturated rings. The van der Waals surface area contributed by atoms with Crippen molar-refractivity contribution >= 4 is 11.3 Å². The SMILES string of the molecule is Cc1noc(C)c1CN1CCN(c2cnn3cnnc3c2)CC1. The largest absolute Gasteiger partial charge is 0.368 e. The fourth-order valence-corrected chi connectivity index (χ4v) is 3.00. The number of piperazine rings is 1. The van der Waals surface area contributed by atoms with Crippen LogP contribution in [0.3, 0.4) is 0 Å². The average molecular weight is 313 g/mol. The van der Waals surface area contributed by atoms with Gasteiger partial charge < -0.3 is 9.42 Å². The Morgan fingerprint density at radius 3 is 2.74 bits per heavy atom. The van der Waals surface area contributed by atoms with Gasteiger partial charge in [-0.05, 0) is 13.8 Å². The van der Waals surface area contributed by atoms with E-state index in [1.165, 1.54) is 5.56 Å². The van der Waals surface area contributed by atoms with Crippen LogP contribution < -0.4 is 4.90 Å². The molecule has 0 N–H and O–H groups in total. The predicted octanol–water partition coefficient (Wildman–Crippen LogP) is 1.05. The number of nitrogens with zero attached hydrogens (tertiary/aromatic N) is 7. The van der Waals surface area contributed by atoms with E-state index in [0.29, 0.717) is 0 Å². The molecule has 4 rings (SSSR count). The van der Waals surface area contributed by atoms with Gasteiger partial charge in [-0.3, -0.25) is 4.90 Å². The van der Waals surface area contributed by atoms with Crippen LogP contribution in [0.4, 0.5) is 5.69 Å². The van der Waals surface area contributed by atoms with Gasteiger partial charge in [-0.1, -0.05) is 5.16 Å². The van der Waals surface area contributed by atoms with Gasteiger partial charge in [0.25, 0.3) is 0 Å². The van der Waals surface area contributed by atoms with Crippen LogP contribution in [0.5, 0.6) is 0 Å². The second kappa shape index (κ2) is 5.62. The van der Waals surface area contributed by atoms with Crippen molar-refractivity contribution in [2.24, 2.45) is 0 Å². The van der Waals surface area contributed by atoms with Crippen LogP contribution in [0.1, 0.15) is 17.0 Å². The highest BCUT2D eigenvalue weighted by Gasteiger charge is 2.20. The number of fused-ring (bicyclic) bond motifs is 1. The second-order valence-corrected chi connectivity index (χ2v) is 5.91. The van der Waals surface area contributed by atoms with E-state index in [2.05, 4.69) is 30.3 Å². The summed E-state index contributed by atoms with van der Waals surface area (Å²) in [4.78, 5) is 4.78. The molecule has 0 aliphatic carbocycles. The number of hydrogen-bond donors (Lipinski definition) is 0. The average Bonchev–Trinajstić information content (AvgIpc) is 3.16. The Morgan fingerprint density at radius 2 is 2.00 bits per heavy atom. The lowest BCUT2D eigenvalue weighted by atomic mass is 10.1. The molecule has 1 saturated heterocycles. The monoisotopic (exact) mass is 313 g/mol. The van der Waals surface area contributed by atoms with Crippen LogP contribution in [0.2, 0.25) is 0 Å². The van der Waals surface area contributed by atoms with Crippen molar-refractivity contribution in [2.45, 2.75) is 20.4 Å². The summed E-state index contributed by atoms with van der Waals surface area (Å²) in [5, 5.41) is 16.3. The summed E-state index contributed by atoms with van der Waals surface area (Å²) in [6.45, 7) is 8.82. The fourth-order valence-electron chi connectivity index (χ4n) is 3.00. The molecule has 0 radical (unpaired) electrons. The molecule has 1 aliphatic heterocycles. The Hall–Kier alpha value is -2.48. The van der Waals surface area contributed by atoms with Gasteiger partial charge in [0, 0.05) is 44.4 Å². The molecule has 4 heterocycles. The van der Waals surface area contributed by atoms with Gasteiger partial charge in [-0.25, -0.2) is 4.52 Å². The predicted molar refractivity (Wildman–Crippen MR) is 84.2 cm³/mol. The molecular formula is C15H19N7O. The summed E-state index contributed by atoms with van der Waals surface area (Å²) >= 11 is 0. The van der Waals surface area contributed by atoms with Crippen LogP contribution in [0.15, 0.2) is 23.1 Å². The van der Waals surface area contributed by atoms with Crippen LogP contribution in [0, 0.1) is 13.8 Å². The van der Waals surface area contributed by atoms with E-state index in [9.17, 15) is 0 Å². The van der Waals surface area contributed by atoms with Crippen molar-refractivity contribution in [3.05, 3.63) is 35.6 Å². The zero-order valence-corrected chi connectivity index (χ0v) is 13.3. The summed E-state index contributed by atoms with van der Waals surface area (Å²) in [6.07, 6.45) is 3.49. The molecule has 8 nitrogen and oxygen atoms in total. The lowest BCUT2D eigenvalue weighted by Crippen LogP contribution is -2.46. The zero-order chi connectivity index (χ0) is 15.8. The standard InChI is InChI=1S/C15H19N7O/c1-11-14(12(2)23-19-11)9-20-3-5-21(6-4-20)13-7-15-18-16-10-22(15)17-8-13/h7-8,10H,3-6,9H2,1-2H3. The van der Waals surface area contributed by atoms with Gasteiger partial charge in [0.2, 0.25) is 0 Å². The lowest BCUT2D eigenvalue weighted by Gasteiger charge is -2.35. The molecule has 1 aliphatic rings. The second-order valence-electron chi connectivity index (χ2n) is 5.91. The molecule has 0 atom stereocenters. The van der Waals surface area contributed by atoms with Crippen molar-refractivity contribution in [1.82, 2.24) is 29.9 Å². The third kappa shape index (κ3) is 2.65. The summed E-state index contributed by atoms with van der Waals surface area (Å²) in [5.41, 5.74) is 4.08. The van der Waals surface area contributed by atoms with Crippen molar-refractivity contribution in [3.8, 4) is 0 Å². The molecule has 3 aromatic heterocycles. The number of hydrogen-bond acceptors (Lipinski definition) is 7. The Balaban J connectivity index is 1.42. The van der Waals surface area contributed by atoms with Crippen LogP contribution >= 0.6 is 0 Å². The third-order valence-electron chi connectivity index (χ3n) is 4.45. The Morgan fingerprint density at radius 1 is 1.17 bits per heavy atom. The quantitative estimate of drug-likeness (QED) is 0.715. The summed E-state index contributed by atoms with van der Waals surface area (Å²) in [7, 11) is 0. The van der Waals surface area contributed by atoms with Crippen LogP contribution in [-0.2, 0) is 6.54 Å². The number of rotatable bonds is 3. The van der Waals surface area contributed by atoms with Gasteiger partial charge >= 0.3 is 0 Å². The van der Waals surface area contributed by atoms with Gasteiger partial charge in [0.05, 0.1) is 17.6 Å². The first-order chi connectivity index (χ1) is 11.2. The zero-order valence-electron chi connectivity index (χ0n) is 13.3. The maximum atomic E-state index is 5.25. The third-order valence-corrected chi connectivity index (χ3v) is 4.45. The molecule has 0 unspecified atom stereocenters. The number of aromatic nitrogens is 5. The smallest absolute Gasteiger partial charge is 0.179 e. The minimum atomic E-state index is 0.778. The van der Waals surface area contributed by atoms with Crippen molar-refractivity contribution in [1.29, 1.82) is 0 Å². The van der Waals surface area contributed by atoms with E-state index in [-0.39, 0.29) is 0 Å². The normalized spacial score (nSPS) is 16.3. The lowest BCUT2D eigenvalue weighted by molar-refractivity contribution is 0.248. The van der Waals surface area contributed by atoms with Crippen LogP contribution in [-0.4, -0.2) is 56.0 Å². The Kier molecular flexibility index (Phi) is 3.45. The molecular weight excluding hydrogens is 294 g/mol. The summed E-state index contributed by atoms with van der Waals surface area (Å²) < 4.78 is 6.93. The maximum Gasteiger partial charge on any atom is 0.179 e. The summed E-state index contributed by atoms with van der Waals surface area (Å²) in [6, 6.07) is 2.03. The summed E-state index contributed by atoms with van der Waals surface area (Å²) in [5.74, 6) is 0.923. The van der Waals surface area contributed by atoms with Crippen molar-refractivity contribution < 1.29 is 4.52 Å². The van der Waals surface area contributed by atoms with Crippen LogP contribution in [0.25, 0.3) is 5.65 Å². The fraction of sp³-hybridized carbons (Fsp3) is 0.467. The maximum absolute atomic E-state index is 5.25. The van der Waals surface area contributed by atoms with Gasteiger partial charge in [0.15, 0.2) is 5.65 Å².